The van der Waals surface area contributed by atoms with Gasteiger partial charge in [-0.15, -0.1) is 11.3 Å². The second-order valence-corrected chi connectivity index (χ2v) is 10.9. The van der Waals surface area contributed by atoms with E-state index in [-0.39, 0.29) is 17.2 Å². The van der Waals surface area contributed by atoms with Crippen molar-refractivity contribution in [3.8, 4) is 0 Å². The Balaban J connectivity index is 1.64. The highest BCUT2D eigenvalue weighted by atomic mass is 32.2. The van der Waals surface area contributed by atoms with Gasteiger partial charge in [0.2, 0.25) is 5.91 Å². The number of anilines is 1. The van der Waals surface area contributed by atoms with Crippen molar-refractivity contribution >= 4 is 44.9 Å². The van der Waals surface area contributed by atoms with E-state index < -0.39 is 0 Å². The molecule has 0 bridgehead atoms. The van der Waals surface area contributed by atoms with E-state index >= 15 is 0 Å². The van der Waals surface area contributed by atoms with E-state index in [1.807, 2.05) is 31.2 Å². The number of fused-ring (bicyclic) bond motifs is 3. The zero-order chi connectivity index (χ0) is 22.1. The standard InChI is InChI=1S/C24H29N3O2S2/c1-14(2)12-27-23(29)21-17-10-9-15(3)11-19(17)31-22(21)26-24(27)30-13-20(28)25-18-8-6-5-7-16(18)4/h5-8,14-15H,9-13H2,1-4H3,(H,25,28). The summed E-state index contributed by atoms with van der Waals surface area (Å²) in [5, 5.41) is 4.41. The summed E-state index contributed by atoms with van der Waals surface area (Å²) in [5.41, 5.74) is 3.10. The first kappa shape index (κ1) is 22.1. The zero-order valence-corrected chi connectivity index (χ0v) is 20.2. The lowest BCUT2D eigenvalue weighted by molar-refractivity contribution is -0.113. The summed E-state index contributed by atoms with van der Waals surface area (Å²) in [7, 11) is 0. The van der Waals surface area contributed by atoms with Gasteiger partial charge in [-0.05, 0) is 55.2 Å². The smallest absolute Gasteiger partial charge is 0.263 e. The SMILES string of the molecule is Cc1ccccc1NC(=O)CSc1nc2sc3c(c2c(=O)n1CC(C)C)CCC(C)C3. The number of thiophene rings is 1. The number of hydrogen-bond acceptors (Lipinski definition) is 5. The number of carbonyl (C=O) groups excluding carboxylic acids is 1. The third-order valence-electron chi connectivity index (χ3n) is 5.68. The van der Waals surface area contributed by atoms with Crippen LogP contribution in [0.15, 0.2) is 34.2 Å². The van der Waals surface area contributed by atoms with Crippen LogP contribution in [0.1, 0.15) is 43.2 Å². The number of rotatable bonds is 6. The molecule has 7 heteroatoms. The molecule has 1 aliphatic carbocycles. The molecule has 1 aliphatic rings. The number of carbonyl (C=O) groups is 1. The van der Waals surface area contributed by atoms with Gasteiger partial charge in [0.1, 0.15) is 4.83 Å². The first-order valence-corrected chi connectivity index (χ1v) is 12.7. The van der Waals surface area contributed by atoms with E-state index in [0.29, 0.717) is 23.5 Å². The third kappa shape index (κ3) is 4.72. The van der Waals surface area contributed by atoms with Crippen LogP contribution in [0, 0.1) is 18.8 Å². The van der Waals surface area contributed by atoms with Gasteiger partial charge >= 0.3 is 0 Å². The van der Waals surface area contributed by atoms with Gasteiger partial charge in [-0.25, -0.2) is 4.98 Å². The number of nitrogens with one attached hydrogen (secondary N) is 1. The molecule has 31 heavy (non-hydrogen) atoms. The maximum absolute atomic E-state index is 13.5. The first-order valence-electron chi connectivity index (χ1n) is 10.9. The van der Waals surface area contributed by atoms with Gasteiger partial charge in [-0.1, -0.05) is 50.7 Å². The summed E-state index contributed by atoms with van der Waals surface area (Å²) in [6, 6.07) is 7.72. The monoisotopic (exact) mass is 455 g/mol. The van der Waals surface area contributed by atoms with Crippen molar-refractivity contribution in [3.05, 3.63) is 50.6 Å². The molecule has 2 aromatic heterocycles. The van der Waals surface area contributed by atoms with Crippen LogP contribution in [0.25, 0.3) is 10.2 Å². The minimum atomic E-state index is -0.0935. The van der Waals surface area contributed by atoms with Crippen LogP contribution in [-0.4, -0.2) is 21.2 Å². The zero-order valence-electron chi connectivity index (χ0n) is 18.5. The molecule has 0 radical (unpaired) electrons. The van der Waals surface area contributed by atoms with Crippen LogP contribution >= 0.6 is 23.1 Å². The molecule has 1 N–H and O–H groups in total. The number of aryl methyl sites for hydroxylation is 2. The van der Waals surface area contributed by atoms with Crippen LogP contribution in [0.5, 0.6) is 0 Å². The lowest BCUT2D eigenvalue weighted by Crippen LogP contribution is -2.26. The summed E-state index contributed by atoms with van der Waals surface area (Å²) in [6.45, 7) is 9.04. The summed E-state index contributed by atoms with van der Waals surface area (Å²) in [4.78, 5) is 33.1. The Morgan fingerprint density at radius 3 is 2.87 bits per heavy atom. The molecule has 1 unspecified atom stereocenters. The Hall–Kier alpha value is -2.12. The molecule has 1 aromatic carbocycles. The second kappa shape index (κ2) is 9.17. The average molecular weight is 456 g/mol. The molecule has 4 rings (SSSR count). The van der Waals surface area contributed by atoms with Crippen molar-refractivity contribution in [1.82, 2.24) is 9.55 Å². The number of hydrogen-bond donors (Lipinski definition) is 1. The first-order chi connectivity index (χ1) is 14.8. The minimum absolute atomic E-state index is 0.0487. The predicted molar refractivity (Wildman–Crippen MR) is 130 cm³/mol. The van der Waals surface area contributed by atoms with Crippen molar-refractivity contribution in [2.75, 3.05) is 11.1 Å². The molecule has 0 aliphatic heterocycles. The Kier molecular flexibility index (Phi) is 6.53. The fraction of sp³-hybridized carbons (Fsp3) is 0.458. The normalized spacial score (nSPS) is 16.0. The Labute approximate surface area is 191 Å². The van der Waals surface area contributed by atoms with Crippen LogP contribution in [0.3, 0.4) is 0 Å². The molecule has 1 atom stereocenters. The molecular formula is C24H29N3O2S2. The summed E-state index contributed by atoms with van der Waals surface area (Å²) >= 11 is 3.00. The molecule has 0 saturated carbocycles. The number of para-hydroxylation sites is 1. The van der Waals surface area contributed by atoms with E-state index in [0.717, 1.165) is 40.7 Å². The van der Waals surface area contributed by atoms with Crippen molar-refractivity contribution in [2.24, 2.45) is 11.8 Å². The number of amides is 1. The molecule has 1 amide bonds. The lowest BCUT2D eigenvalue weighted by Gasteiger charge is -2.18. The molecule has 0 spiro atoms. The fourth-order valence-corrected chi connectivity index (χ4v) is 6.30. The van der Waals surface area contributed by atoms with Crippen LogP contribution in [0.2, 0.25) is 0 Å². The summed E-state index contributed by atoms with van der Waals surface area (Å²) in [6.07, 6.45) is 3.11. The van der Waals surface area contributed by atoms with Gasteiger partial charge in [0.25, 0.3) is 5.56 Å². The summed E-state index contributed by atoms with van der Waals surface area (Å²) in [5.74, 6) is 1.08. The Morgan fingerprint density at radius 1 is 1.35 bits per heavy atom. The lowest BCUT2D eigenvalue weighted by atomic mass is 9.89. The van der Waals surface area contributed by atoms with Crippen molar-refractivity contribution in [2.45, 2.75) is 58.7 Å². The van der Waals surface area contributed by atoms with Gasteiger partial charge in [0.05, 0.1) is 11.1 Å². The molecule has 0 saturated heterocycles. The van der Waals surface area contributed by atoms with Crippen molar-refractivity contribution in [1.29, 1.82) is 0 Å². The van der Waals surface area contributed by atoms with Crippen LogP contribution in [0.4, 0.5) is 5.69 Å². The molecular weight excluding hydrogens is 426 g/mol. The van der Waals surface area contributed by atoms with Gasteiger partial charge < -0.3 is 5.32 Å². The molecule has 3 aromatic rings. The third-order valence-corrected chi connectivity index (χ3v) is 7.80. The van der Waals surface area contributed by atoms with Gasteiger partial charge in [-0.2, -0.15) is 0 Å². The van der Waals surface area contributed by atoms with Crippen molar-refractivity contribution in [3.63, 3.8) is 0 Å². The highest BCUT2D eigenvalue weighted by Gasteiger charge is 2.25. The minimum Gasteiger partial charge on any atom is -0.325 e. The van der Waals surface area contributed by atoms with Gasteiger partial charge in [0.15, 0.2) is 5.16 Å². The van der Waals surface area contributed by atoms with E-state index in [2.05, 4.69) is 26.1 Å². The highest BCUT2D eigenvalue weighted by molar-refractivity contribution is 7.99. The fourth-order valence-electron chi connectivity index (χ4n) is 4.07. The predicted octanol–water partition coefficient (Wildman–Crippen LogP) is 5.28. The largest absolute Gasteiger partial charge is 0.325 e. The molecule has 164 valence electrons. The summed E-state index contributed by atoms with van der Waals surface area (Å²) < 4.78 is 1.78. The van der Waals surface area contributed by atoms with E-state index in [1.54, 1.807) is 15.9 Å². The van der Waals surface area contributed by atoms with Gasteiger partial charge in [0, 0.05) is 17.1 Å². The Morgan fingerprint density at radius 2 is 2.13 bits per heavy atom. The second-order valence-electron chi connectivity index (χ2n) is 8.89. The van der Waals surface area contributed by atoms with E-state index in [9.17, 15) is 9.59 Å². The average Bonchev–Trinajstić information content (AvgIpc) is 3.07. The highest BCUT2D eigenvalue weighted by Crippen LogP contribution is 2.36. The van der Waals surface area contributed by atoms with E-state index in [1.165, 1.54) is 22.2 Å². The van der Waals surface area contributed by atoms with Crippen molar-refractivity contribution < 1.29 is 4.79 Å². The maximum atomic E-state index is 13.5. The van der Waals surface area contributed by atoms with Crippen LogP contribution < -0.4 is 10.9 Å². The number of nitrogens with zero attached hydrogens (tertiary/aromatic N) is 2. The number of aromatic nitrogens is 2. The maximum Gasteiger partial charge on any atom is 0.263 e. The molecule has 2 heterocycles. The number of benzene rings is 1. The van der Waals surface area contributed by atoms with Gasteiger partial charge in [-0.3, -0.25) is 14.2 Å². The van der Waals surface area contributed by atoms with Crippen LogP contribution in [-0.2, 0) is 24.2 Å². The topological polar surface area (TPSA) is 64.0 Å². The molecule has 5 nitrogen and oxygen atoms in total. The van der Waals surface area contributed by atoms with E-state index in [4.69, 9.17) is 4.98 Å². The quantitative estimate of drug-likeness (QED) is 0.406. The number of thioether (sulfide) groups is 1. The molecule has 0 fully saturated rings. The Bertz CT molecular complexity index is 1180.